The molecule has 168 valence electrons. The van der Waals surface area contributed by atoms with E-state index in [1.54, 1.807) is 30.0 Å². The lowest BCUT2D eigenvalue weighted by molar-refractivity contribution is -0.138. The van der Waals surface area contributed by atoms with E-state index in [1.165, 1.54) is 17.3 Å². The highest BCUT2D eigenvalue weighted by atomic mass is 35.5. The molecule has 31 heavy (non-hydrogen) atoms. The lowest BCUT2D eigenvalue weighted by Gasteiger charge is -2.29. The molecule has 1 atom stereocenters. The van der Waals surface area contributed by atoms with Crippen molar-refractivity contribution in [2.45, 2.75) is 46.0 Å². The largest absolute Gasteiger partial charge is 0.354 e. The summed E-state index contributed by atoms with van der Waals surface area (Å²) >= 11 is 14.2. The zero-order valence-corrected chi connectivity index (χ0v) is 20.8. The van der Waals surface area contributed by atoms with Gasteiger partial charge < -0.3 is 10.2 Å². The first-order valence-electron chi connectivity index (χ1n) is 10.3. The van der Waals surface area contributed by atoms with Crippen LogP contribution >= 0.6 is 35.0 Å². The molecule has 2 amide bonds. The Hall–Kier alpha value is -1.69. The van der Waals surface area contributed by atoms with Crippen LogP contribution in [-0.2, 0) is 21.9 Å². The van der Waals surface area contributed by atoms with Gasteiger partial charge in [0.2, 0.25) is 11.8 Å². The number of carbonyl (C=O) groups is 2. The average molecular weight is 481 g/mol. The Labute approximate surface area is 199 Å². The summed E-state index contributed by atoms with van der Waals surface area (Å²) in [5.74, 6) is 0.996. The standard InChI is InChI=1S/C24H30Cl2N2O2S/c1-16(2)12-27-24(30)18(4)28(13-20-21(25)6-5-7-22(20)26)23(29)15-31-14-19-10-8-17(3)9-11-19/h5-11,16,18H,12-15H2,1-4H3,(H,27,30)/t18-/m0/s1. The number of hydrogen-bond donors (Lipinski definition) is 1. The minimum absolute atomic E-state index is 0.125. The Morgan fingerprint density at radius 1 is 1.03 bits per heavy atom. The molecule has 2 aromatic carbocycles. The molecule has 2 rings (SSSR count). The number of nitrogens with one attached hydrogen (secondary N) is 1. The summed E-state index contributed by atoms with van der Waals surface area (Å²) in [5, 5.41) is 3.87. The number of benzene rings is 2. The molecule has 0 heterocycles. The van der Waals surface area contributed by atoms with E-state index in [0.717, 1.165) is 11.3 Å². The van der Waals surface area contributed by atoms with Crippen molar-refractivity contribution in [1.82, 2.24) is 10.2 Å². The summed E-state index contributed by atoms with van der Waals surface area (Å²) in [4.78, 5) is 27.4. The molecule has 0 saturated carbocycles. The average Bonchev–Trinajstić information content (AvgIpc) is 2.72. The Balaban J connectivity index is 2.12. The highest BCUT2D eigenvalue weighted by Gasteiger charge is 2.27. The first-order valence-corrected chi connectivity index (χ1v) is 12.2. The summed E-state index contributed by atoms with van der Waals surface area (Å²) in [6, 6.07) is 12.8. The lowest BCUT2D eigenvalue weighted by atomic mass is 10.1. The molecule has 0 spiro atoms. The molecular weight excluding hydrogens is 451 g/mol. The summed E-state index contributed by atoms with van der Waals surface area (Å²) in [5.41, 5.74) is 3.01. The number of aryl methyl sites for hydroxylation is 1. The van der Waals surface area contributed by atoms with E-state index < -0.39 is 6.04 Å². The third-order valence-electron chi connectivity index (χ3n) is 4.86. The third kappa shape index (κ3) is 8.06. The van der Waals surface area contributed by atoms with Crippen LogP contribution in [0.3, 0.4) is 0 Å². The zero-order valence-electron chi connectivity index (χ0n) is 18.5. The van der Waals surface area contributed by atoms with Crippen molar-refractivity contribution < 1.29 is 9.59 Å². The zero-order chi connectivity index (χ0) is 23.0. The molecule has 0 aliphatic rings. The Morgan fingerprint density at radius 2 is 1.65 bits per heavy atom. The smallest absolute Gasteiger partial charge is 0.242 e. The maximum atomic E-state index is 13.1. The van der Waals surface area contributed by atoms with Crippen molar-refractivity contribution >= 4 is 46.8 Å². The Bertz CT molecular complexity index is 867. The van der Waals surface area contributed by atoms with Crippen molar-refractivity contribution in [2.24, 2.45) is 5.92 Å². The molecule has 7 heteroatoms. The van der Waals surface area contributed by atoms with Gasteiger partial charge in [0.25, 0.3) is 0 Å². The predicted octanol–water partition coefficient (Wildman–Crippen LogP) is 5.72. The van der Waals surface area contributed by atoms with Crippen LogP contribution in [0.5, 0.6) is 0 Å². The molecule has 0 fully saturated rings. The van der Waals surface area contributed by atoms with Gasteiger partial charge in [-0.3, -0.25) is 9.59 Å². The normalized spacial score (nSPS) is 12.0. The van der Waals surface area contributed by atoms with Crippen LogP contribution in [0.2, 0.25) is 10.0 Å². The second kappa shape index (κ2) is 12.4. The van der Waals surface area contributed by atoms with E-state index in [4.69, 9.17) is 23.2 Å². The van der Waals surface area contributed by atoms with Crippen molar-refractivity contribution in [3.05, 3.63) is 69.2 Å². The molecule has 0 aliphatic carbocycles. The van der Waals surface area contributed by atoms with Crippen molar-refractivity contribution in [3.8, 4) is 0 Å². The molecule has 2 aromatic rings. The molecule has 0 bridgehead atoms. The Morgan fingerprint density at radius 3 is 2.23 bits per heavy atom. The molecule has 0 radical (unpaired) electrons. The topological polar surface area (TPSA) is 49.4 Å². The summed E-state index contributed by atoms with van der Waals surface area (Å²) in [6.07, 6.45) is 0. The second-order valence-electron chi connectivity index (χ2n) is 8.02. The van der Waals surface area contributed by atoms with E-state index >= 15 is 0 Å². The summed E-state index contributed by atoms with van der Waals surface area (Å²) in [7, 11) is 0. The lowest BCUT2D eigenvalue weighted by Crippen LogP contribution is -2.48. The van der Waals surface area contributed by atoms with Gasteiger partial charge in [0.15, 0.2) is 0 Å². The van der Waals surface area contributed by atoms with E-state index in [1.807, 2.05) is 20.8 Å². The third-order valence-corrected chi connectivity index (χ3v) is 6.55. The van der Waals surface area contributed by atoms with Crippen molar-refractivity contribution in [1.29, 1.82) is 0 Å². The van der Waals surface area contributed by atoms with Crippen LogP contribution < -0.4 is 5.32 Å². The second-order valence-corrected chi connectivity index (χ2v) is 9.82. The SMILES string of the molecule is Cc1ccc(CSCC(=O)N(Cc2c(Cl)cccc2Cl)[C@@H](C)C(=O)NCC(C)C)cc1. The minimum atomic E-state index is -0.640. The monoisotopic (exact) mass is 480 g/mol. The summed E-state index contributed by atoms with van der Waals surface area (Å²) in [6.45, 7) is 8.57. The molecule has 0 aromatic heterocycles. The molecule has 0 saturated heterocycles. The fourth-order valence-corrected chi connectivity index (χ4v) is 4.30. The molecule has 0 aliphatic heterocycles. The highest BCUT2D eigenvalue weighted by molar-refractivity contribution is 7.99. The maximum absolute atomic E-state index is 13.1. The number of nitrogens with zero attached hydrogens (tertiary/aromatic N) is 1. The molecule has 1 N–H and O–H groups in total. The molecular formula is C24H30Cl2N2O2S. The van der Waals surface area contributed by atoms with Gasteiger partial charge in [0.05, 0.1) is 5.75 Å². The van der Waals surface area contributed by atoms with Gasteiger partial charge in [-0.1, -0.05) is 72.9 Å². The quantitative estimate of drug-likeness (QED) is 0.472. The number of thioether (sulfide) groups is 1. The van der Waals surface area contributed by atoms with Gasteiger partial charge in [0, 0.05) is 34.5 Å². The van der Waals surface area contributed by atoms with Gasteiger partial charge in [0.1, 0.15) is 6.04 Å². The highest BCUT2D eigenvalue weighted by Crippen LogP contribution is 2.27. The van der Waals surface area contributed by atoms with Gasteiger partial charge in [-0.15, -0.1) is 11.8 Å². The van der Waals surface area contributed by atoms with E-state index in [0.29, 0.717) is 28.1 Å². The van der Waals surface area contributed by atoms with Crippen LogP contribution in [0.4, 0.5) is 0 Å². The predicted molar refractivity (Wildman–Crippen MR) is 132 cm³/mol. The maximum Gasteiger partial charge on any atom is 0.242 e. The van der Waals surface area contributed by atoms with Crippen molar-refractivity contribution in [3.63, 3.8) is 0 Å². The van der Waals surface area contributed by atoms with Crippen LogP contribution in [0.25, 0.3) is 0 Å². The van der Waals surface area contributed by atoms with E-state index in [9.17, 15) is 9.59 Å². The first-order chi connectivity index (χ1) is 14.7. The van der Waals surface area contributed by atoms with E-state index in [-0.39, 0.29) is 24.1 Å². The number of rotatable bonds is 10. The van der Waals surface area contributed by atoms with E-state index in [2.05, 4.69) is 29.6 Å². The molecule has 4 nitrogen and oxygen atoms in total. The van der Waals surface area contributed by atoms with Gasteiger partial charge >= 0.3 is 0 Å². The fraction of sp³-hybridized carbons (Fsp3) is 0.417. The number of carbonyl (C=O) groups excluding carboxylic acids is 2. The van der Waals surface area contributed by atoms with Gasteiger partial charge in [-0.25, -0.2) is 0 Å². The number of hydrogen-bond acceptors (Lipinski definition) is 3. The van der Waals surface area contributed by atoms with Crippen LogP contribution in [-0.4, -0.2) is 35.1 Å². The van der Waals surface area contributed by atoms with Crippen LogP contribution in [0, 0.1) is 12.8 Å². The Kier molecular flexibility index (Phi) is 10.2. The molecule has 0 unspecified atom stereocenters. The van der Waals surface area contributed by atoms with Crippen molar-refractivity contribution in [2.75, 3.05) is 12.3 Å². The summed E-state index contributed by atoms with van der Waals surface area (Å²) < 4.78 is 0. The minimum Gasteiger partial charge on any atom is -0.354 e. The van der Waals surface area contributed by atoms with Gasteiger partial charge in [-0.2, -0.15) is 0 Å². The first kappa shape index (κ1) is 25.6. The number of halogens is 2. The van der Waals surface area contributed by atoms with Crippen LogP contribution in [0.15, 0.2) is 42.5 Å². The number of amides is 2. The van der Waals surface area contributed by atoms with Gasteiger partial charge in [-0.05, 0) is 37.5 Å². The fourth-order valence-electron chi connectivity index (χ4n) is 2.91. The van der Waals surface area contributed by atoms with Crippen LogP contribution in [0.1, 0.15) is 37.5 Å².